The third-order valence-corrected chi connectivity index (χ3v) is 17.2. The first-order valence-corrected chi connectivity index (χ1v) is 29.4. The summed E-state index contributed by atoms with van der Waals surface area (Å²) in [5.41, 5.74) is 0.352. The van der Waals surface area contributed by atoms with Crippen molar-refractivity contribution in [2.45, 2.75) is 234 Å². The molecule has 0 radical (unpaired) electrons. The van der Waals surface area contributed by atoms with E-state index in [0.29, 0.717) is 5.69 Å². The van der Waals surface area contributed by atoms with Gasteiger partial charge in [-0.1, -0.05) is 0 Å². The predicted molar refractivity (Wildman–Crippen MR) is 281 cm³/mol. The van der Waals surface area contributed by atoms with Crippen LogP contribution in [-0.4, -0.2) is 403 Å². The zero-order valence-electron chi connectivity index (χ0n) is 48.4. The number of carboxylic acid groups (broad SMARTS) is 1. The molecule has 0 aliphatic carbocycles. The Labute approximate surface area is 519 Å². The average Bonchev–Trinajstić information content (AvgIpc) is 0.921. The van der Waals surface area contributed by atoms with Crippen molar-refractivity contribution in [2.24, 2.45) is 0 Å². The lowest BCUT2D eigenvalue weighted by Crippen LogP contribution is -2.70. The zero-order chi connectivity index (χ0) is 66.7. The maximum Gasteiger partial charge on any atom is 0.326 e. The second kappa shape index (κ2) is 32.0. The fourth-order valence-corrected chi connectivity index (χ4v) is 12.1. The minimum atomic E-state index is -2.27. The maximum absolute atomic E-state index is 13.3. The molecule has 1 aromatic rings. The van der Waals surface area contributed by atoms with E-state index >= 15 is 0 Å². The SMILES string of the molecule is O=C(CCN[C@@H]1[C@@H](O)[C@H]2O[C@H]3[C@@H](O)[C@H](O)[C@@H](O[C@H]4[C@@H](O)[C@H](O)[C@@H](O[C@H]5[C@H](O)[C@@H](O)[C@@H](O[C@H]6[C@H](O)[C@@H](O)[C@@H](O[C@H]7[C@H](O)[C@@H](O)[C@@H](O[C@H]8[C@H](O)[C@@H](O)[C@@H](O[C@@H]1[C@@H](CO)O2)O[C@@H]8CO)O[C@@H]7CO)O[C@@H]6CO)O[C@@H]5CO)O[C@@H]4CO)O[C@@H]3CO)NC(Cc1cnc[nH]1)C(=O)O. The normalized spacial score (nSPS) is 48.5. The molecule has 528 valence electrons. The first-order valence-electron chi connectivity index (χ1n) is 29.4. The topological polar surface area (TPSA) is 641 Å². The highest BCUT2D eigenvalue weighted by molar-refractivity contribution is 5.83. The van der Waals surface area contributed by atoms with Gasteiger partial charge in [0, 0.05) is 31.3 Å². The summed E-state index contributed by atoms with van der Waals surface area (Å²) in [7, 11) is 0. The van der Waals surface area contributed by atoms with Gasteiger partial charge in [0.2, 0.25) is 5.91 Å². The number of rotatable bonds is 15. The molecular weight excluding hydrogens is 1260 g/mol. The van der Waals surface area contributed by atoms with E-state index in [1.54, 1.807) is 0 Å². The Morgan fingerprint density at radius 3 is 0.902 bits per heavy atom. The second-order valence-electron chi connectivity index (χ2n) is 23.1. The molecule has 21 saturated heterocycles. The number of aliphatic hydroxyl groups excluding tert-OH is 20. The van der Waals surface area contributed by atoms with E-state index in [4.69, 9.17) is 66.3 Å². The Morgan fingerprint density at radius 1 is 0.391 bits per heavy atom. The summed E-state index contributed by atoms with van der Waals surface area (Å²) in [6.07, 6.45) is -67.6. The molecule has 24 N–H and O–H groups in total. The molecule has 0 spiro atoms. The molecule has 22 heterocycles. The second-order valence-corrected chi connectivity index (χ2v) is 23.1. The number of hydrogen-bond donors (Lipinski definition) is 24. The highest BCUT2D eigenvalue weighted by Crippen LogP contribution is 2.39. The summed E-state index contributed by atoms with van der Waals surface area (Å²) in [5, 5.41) is 239. The van der Waals surface area contributed by atoms with Crippen LogP contribution >= 0.6 is 0 Å². The van der Waals surface area contributed by atoms with Crippen LogP contribution < -0.4 is 10.6 Å². The maximum atomic E-state index is 13.3. The number of carboxylic acids is 1. The molecule has 0 aromatic carbocycles. The summed E-state index contributed by atoms with van der Waals surface area (Å²) in [5.74, 6) is -2.28. The molecule has 22 rings (SSSR count). The summed E-state index contributed by atoms with van der Waals surface area (Å²) in [4.78, 5) is 32.0. The fraction of sp³-hybridized carbons (Fsp3) is 0.902. The third-order valence-electron chi connectivity index (χ3n) is 17.2. The van der Waals surface area contributed by atoms with Crippen molar-refractivity contribution in [3.63, 3.8) is 0 Å². The lowest BCUT2D eigenvalue weighted by molar-refractivity contribution is -0.396. The fourth-order valence-electron chi connectivity index (χ4n) is 12.1. The van der Waals surface area contributed by atoms with Crippen molar-refractivity contribution in [3.8, 4) is 0 Å². The molecule has 1 unspecified atom stereocenters. The third kappa shape index (κ3) is 15.4. The number of amides is 1. The van der Waals surface area contributed by atoms with Crippen LogP contribution in [0.2, 0.25) is 0 Å². The standard InChI is InChI=1S/C51H82N4O37/c56-5-15-37-23(53-2-1-22(63)55-14(44(77)78)3-13-4-52-12-54-13)24(64)45(79-15)87-38-16(6-57)81-47(32(72)26(38)66)89-40-18(8-59)83-49(34(74)28(40)68)91-42-20(10-61)85-51(36(76)30(42)70)92-43-21(11-62)84-50(35(75)29(43)69)90-41-19(9-60)82-48(33(73)27(41)67)88-39-17(7-58)80-46(86-37)31(71)25(39)65/h4,12,14-21,23-43,45-51,53,56-62,64-76H,1-3,5-11H2,(H,52,54)(H,55,63)(H,77,78)/t14?,15-,16-,17-,18-,19-,20-,21-,23-,24-,25-,26+,27-,28+,29-,30-,31-,32+,33-,34+,35-,36-,37-,38-,39-,40-,41-,42-,43-,45-,46-,47-,48-,49-,50-,51-/m1/s1. The Bertz CT molecular complexity index is 2440. The van der Waals surface area contributed by atoms with E-state index in [0.717, 1.165) is 0 Å². The largest absolute Gasteiger partial charge is 0.480 e. The molecular formula is C51H82N4O37. The number of aromatic amines is 1. The number of carbonyl (C=O) groups excluding carboxylic acids is 1. The van der Waals surface area contributed by atoms with Crippen molar-refractivity contribution in [3.05, 3.63) is 18.2 Å². The number of hydrogen-bond acceptors (Lipinski definition) is 38. The summed E-state index contributed by atoms with van der Waals surface area (Å²) in [6.45, 7) is -8.06. The van der Waals surface area contributed by atoms with Crippen LogP contribution in [0.3, 0.4) is 0 Å². The van der Waals surface area contributed by atoms with E-state index in [9.17, 15) is 117 Å². The molecule has 21 aliphatic heterocycles. The highest BCUT2D eigenvalue weighted by Gasteiger charge is 2.60. The van der Waals surface area contributed by atoms with Crippen molar-refractivity contribution in [2.75, 3.05) is 52.8 Å². The molecule has 41 heteroatoms. The average molecular weight is 1340 g/mol. The lowest BCUT2D eigenvalue weighted by Gasteiger charge is -2.50. The van der Waals surface area contributed by atoms with Gasteiger partial charge in [0.25, 0.3) is 0 Å². The summed E-state index contributed by atoms with van der Waals surface area (Å²) >= 11 is 0. The monoisotopic (exact) mass is 1340 g/mol. The Kier molecular flexibility index (Phi) is 25.4. The molecule has 0 saturated carbocycles. The summed E-state index contributed by atoms with van der Waals surface area (Å²) < 4.78 is 81.3. The minimum Gasteiger partial charge on any atom is -0.480 e. The first kappa shape index (κ1) is 73.0. The van der Waals surface area contributed by atoms with E-state index in [1.165, 1.54) is 12.5 Å². The molecule has 21 fully saturated rings. The van der Waals surface area contributed by atoms with Crippen LogP contribution in [0, 0.1) is 0 Å². The number of nitrogens with one attached hydrogen (secondary N) is 3. The predicted octanol–water partition coefficient (Wildman–Crippen LogP) is -15.7. The van der Waals surface area contributed by atoms with Gasteiger partial charge < -0.3 is 189 Å². The number of aromatic nitrogens is 2. The number of carbonyl (C=O) groups is 2. The van der Waals surface area contributed by atoms with E-state index < -0.39 is 292 Å². The Hall–Kier alpha value is -3.25. The van der Waals surface area contributed by atoms with Crippen molar-refractivity contribution < 1.29 is 183 Å². The molecule has 92 heavy (non-hydrogen) atoms. The molecule has 14 bridgehead atoms. The zero-order valence-corrected chi connectivity index (χ0v) is 48.4. The van der Waals surface area contributed by atoms with Crippen LogP contribution in [0.5, 0.6) is 0 Å². The molecule has 41 nitrogen and oxygen atoms in total. The minimum absolute atomic E-state index is 0.222. The van der Waals surface area contributed by atoms with E-state index in [1.807, 2.05) is 0 Å². The smallest absolute Gasteiger partial charge is 0.326 e. The molecule has 1 amide bonds. The summed E-state index contributed by atoms with van der Waals surface area (Å²) in [6, 6.07) is -3.17. The first-order chi connectivity index (χ1) is 43.9. The van der Waals surface area contributed by atoms with Gasteiger partial charge >= 0.3 is 5.97 Å². The van der Waals surface area contributed by atoms with Crippen molar-refractivity contribution in [1.29, 1.82) is 0 Å². The number of nitrogens with zero attached hydrogens (tertiary/aromatic N) is 1. The lowest BCUT2D eigenvalue weighted by atomic mass is 9.93. The van der Waals surface area contributed by atoms with Gasteiger partial charge in [0.15, 0.2) is 44.0 Å². The van der Waals surface area contributed by atoms with E-state index in [-0.39, 0.29) is 6.42 Å². The van der Waals surface area contributed by atoms with Gasteiger partial charge in [-0.15, -0.1) is 0 Å². The van der Waals surface area contributed by atoms with Crippen LogP contribution in [0.4, 0.5) is 0 Å². The van der Waals surface area contributed by atoms with Crippen LogP contribution in [0.1, 0.15) is 12.1 Å². The molecule has 1 aromatic heterocycles. The van der Waals surface area contributed by atoms with Crippen molar-refractivity contribution in [1.82, 2.24) is 20.6 Å². The number of aliphatic carboxylic acids is 1. The Balaban J connectivity index is 1.01. The highest BCUT2D eigenvalue weighted by atomic mass is 16.8. The number of imidazole rings is 1. The van der Waals surface area contributed by atoms with Gasteiger partial charge in [0.05, 0.1) is 58.6 Å². The Morgan fingerprint density at radius 2 is 0.652 bits per heavy atom. The van der Waals surface area contributed by atoms with Crippen LogP contribution in [0.15, 0.2) is 12.5 Å². The molecule has 36 atom stereocenters. The number of ether oxygens (including phenoxy) is 14. The number of H-pyrrole nitrogens is 1. The number of aliphatic hydroxyl groups is 20. The molecule has 21 aliphatic rings. The van der Waals surface area contributed by atoms with E-state index in [2.05, 4.69) is 20.6 Å². The van der Waals surface area contributed by atoms with Gasteiger partial charge in [-0.05, 0) is 0 Å². The van der Waals surface area contributed by atoms with Gasteiger partial charge in [-0.3, -0.25) is 4.79 Å². The van der Waals surface area contributed by atoms with Gasteiger partial charge in [-0.25, -0.2) is 9.78 Å². The van der Waals surface area contributed by atoms with Crippen molar-refractivity contribution >= 4 is 11.9 Å². The van der Waals surface area contributed by atoms with Crippen LogP contribution in [0.25, 0.3) is 0 Å². The quantitative estimate of drug-likeness (QED) is 0.0775. The van der Waals surface area contributed by atoms with Gasteiger partial charge in [-0.2, -0.15) is 0 Å². The van der Waals surface area contributed by atoms with Crippen LogP contribution in [-0.2, 0) is 82.3 Å². The van der Waals surface area contributed by atoms with Gasteiger partial charge in [0.1, 0.15) is 171 Å².